The van der Waals surface area contributed by atoms with Crippen molar-refractivity contribution < 1.29 is 9.47 Å². The first-order chi connectivity index (χ1) is 7.35. The van der Waals surface area contributed by atoms with Crippen LogP contribution in [0.15, 0.2) is 0 Å². The van der Waals surface area contributed by atoms with Crippen LogP contribution in [0.3, 0.4) is 0 Å². The summed E-state index contributed by atoms with van der Waals surface area (Å²) in [6.07, 6.45) is 4.53. The molecule has 0 aliphatic rings. The number of hydrogen-bond donors (Lipinski definition) is 2. The molecule has 0 aliphatic carbocycles. The van der Waals surface area contributed by atoms with Crippen LogP contribution in [0.5, 0.6) is 0 Å². The Labute approximate surface area is 93.5 Å². The van der Waals surface area contributed by atoms with E-state index in [9.17, 15) is 0 Å². The fourth-order valence-corrected chi connectivity index (χ4v) is 1.09. The second kappa shape index (κ2) is 11.9. The Morgan fingerprint density at radius 3 is 1.80 bits per heavy atom. The summed E-state index contributed by atoms with van der Waals surface area (Å²) in [5, 5.41) is 0. The molecule has 0 saturated heterocycles. The van der Waals surface area contributed by atoms with E-state index in [4.69, 9.17) is 15.3 Å². The lowest BCUT2D eigenvalue weighted by Gasteiger charge is -2.16. The van der Waals surface area contributed by atoms with E-state index in [1.165, 1.54) is 0 Å². The first kappa shape index (κ1) is 14.8. The molecular formula is C11H26N2O2. The van der Waals surface area contributed by atoms with Crippen LogP contribution in [-0.2, 0) is 9.47 Å². The molecule has 0 heterocycles. The SMILES string of the molecule is CCCCOCC(COCCCC)NN. The maximum absolute atomic E-state index is 5.46. The van der Waals surface area contributed by atoms with Crippen molar-refractivity contribution in [2.24, 2.45) is 5.84 Å². The largest absolute Gasteiger partial charge is 0.380 e. The minimum absolute atomic E-state index is 0.110. The summed E-state index contributed by atoms with van der Waals surface area (Å²) >= 11 is 0. The molecule has 0 saturated carbocycles. The molecular weight excluding hydrogens is 192 g/mol. The zero-order valence-electron chi connectivity index (χ0n) is 10.1. The van der Waals surface area contributed by atoms with E-state index >= 15 is 0 Å². The van der Waals surface area contributed by atoms with Crippen LogP contribution in [0, 0.1) is 0 Å². The van der Waals surface area contributed by atoms with Crippen molar-refractivity contribution in [3.05, 3.63) is 0 Å². The summed E-state index contributed by atoms with van der Waals surface area (Å²) in [7, 11) is 0. The molecule has 0 spiro atoms. The Morgan fingerprint density at radius 2 is 1.47 bits per heavy atom. The standard InChI is InChI=1S/C11H26N2O2/c1-3-5-7-14-9-11(13-12)10-15-8-6-4-2/h11,13H,3-10,12H2,1-2H3. The maximum Gasteiger partial charge on any atom is 0.0678 e. The summed E-state index contributed by atoms with van der Waals surface area (Å²) < 4.78 is 10.9. The molecule has 0 amide bonds. The van der Waals surface area contributed by atoms with Gasteiger partial charge in [0.05, 0.1) is 19.3 Å². The second-order valence-corrected chi connectivity index (χ2v) is 3.72. The molecule has 0 unspecified atom stereocenters. The average molecular weight is 218 g/mol. The molecule has 0 fully saturated rings. The molecule has 92 valence electrons. The molecule has 0 aromatic carbocycles. The van der Waals surface area contributed by atoms with Crippen molar-refractivity contribution in [1.82, 2.24) is 5.43 Å². The number of unbranched alkanes of at least 4 members (excludes halogenated alkanes) is 2. The molecule has 0 aromatic rings. The van der Waals surface area contributed by atoms with Crippen LogP contribution in [-0.4, -0.2) is 32.5 Å². The van der Waals surface area contributed by atoms with E-state index in [0.29, 0.717) is 13.2 Å². The van der Waals surface area contributed by atoms with Gasteiger partial charge in [0, 0.05) is 13.2 Å². The van der Waals surface area contributed by atoms with E-state index in [0.717, 1.165) is 38.9 Å². The molecule has 0 atom stereocenters. The van der Waals surface area contributed by atoms with Crippen LogP contribution in [0.2, 0.25) is 0 Å². The number of nitrogens with two attached hydrogens (primary N) is 1. The van der Waals surface area contributed by atoms with Crippen molar-refractivity contribution in [1.29, 1.82) is 0 Å². The summed E-state index contributed by atoms with van der Waals surface area (Å²) in [4.78, 5) is 0. The van der Waals surface area contributed by atoms with Gasteiger partial charge in [0.15, 0.2) is 0 Å². The molecule has 0 rings (SSSR count). The number of hydrazine groups is 1. The quantitative estimate of drug-likeness (QED) is 0.313. The third-order valence-corrected chi connectivity index (χ3v) is 2.16. The lowest BCUT2D eigenvalue weighted by atomic mass is 10.3. The molecule has 4 heteroatoms. The Morgan fingerprint density at radius 1 is 1.00 bits per heavy atom. The molecule has 15 heavy (non-hydrogen) atoms. The number of hydrogen-bond acceptors (Lipinski definition) is 4. The molecule has 4 nitrogen and oxygen atoms in total. The highest BCUT2D eigenvalue weighted by Gasteiger charge is 2.06. The van der Waals surface area contributed by atoms with Crippen molar-refractivity contribution in [2.75, 3.05) is 26.4 Å². The van der Waals surface area contributed by atoms with Crippen molar-refractivity contribution >= 4 is 0 Å². The molecule has 0 aromatic heterocycles. The van der Waals surface area contributed by atoms with Crippen LogP contribution < -0.4 is 11.3 Å². The molecule has 3 N–H and O–H groups in total. The minimum Gasteiger partial charge on any atom is -0.380 e. The topological polar surface area (TPSA) is 56.5 Å². The first-order valence-electron chi connectivity index (χ1n) is 5.96. The predicted octanol–water partition coefficient (Wildman–Crippen LogP) is 1.45. The second-order valence-electron chi connectivity index (χ2n) is 3.72. The fraction of sp³-hybridized carbons (Fsp3) is 1.00. The van der Waals surface area contributed by atoms with Crippen LogP contribution in [0.1, 0.15) is 39.5 Å². The van der Waals surface area contributed by atoms with E-state index < -0.39 is 0 Å². The smallest absolute Gasteiger partial charge is 0.0678 e. The Hall–Kier alpha value is -0.160. The van der Waals surface area contributed by atoms with Crippen molar-refractivity contribution in [3.63, 3.8) is 0 Å². The van der Waals surface area contributed by atoms with Crippen LogP contribution in [0.4, 0.5) is 0 Å². The summed E-state index contributed by atoms with van der Waals surface area (Å²) in [6.45, 7) is 7.17. The van der Waals surface area contributed by atoms with Gasteiger partial charge in [0.2, 0.25) is 0 Å². The molecule has 0 aliphatic heterocycles. The molecule has 0 radical (unpaired) electrons. The van der Waals surface area contributed by atoms with Crippen LogP contribution in [0.25, 0.3) is 0 Å². The number of nitrogens with one attached hydrogen (secondary N) is 1. The average Bonchev–Trinajstić information content (AvgIpc) is 2.27. The zero-order valence-corrected chi connectivity index (χ0v) is 10.1. The predicted molar refractivity (Wildman–Crippen MR) is 62.6 cm³/mol. The van der Waals surface area contributed by atoms with E-state index in [-0.39, 0.29) is 6.04 Å². The normalized spacial score (nSPS) is 11.2. The first-order valence-corrected chi connectivity index (χ1v) is 5.96. The summed E-state index contributed by atoms with van der Waals surface area (Å²) in [5.74, 6) is 5.39. The maximum atomic E-state index is 5.46. The number of rotatable bonds is 11. The van der Waals surface area contributed by atoms with Gasteiger partial charge < -0.3 is 9.47 Å². The van der Waals surface area contributed by atoms with Gasteiger partial charge >= 0.3 is 0 Å². The summed E-state index contributed by atoms with van der Waals surface area (Å²) in [6, 6.07) is 0.110. The van der Waals surface area contributed by atoms with Gasteiger partial charge in [-0.1, -0.05) is 26.7 Å². The molecule has 0 bridgehead atoms. The zero-order chi connectivity index (χ0) is 11.4. The third-order valence-electron chi connectivity index (χ3n) is 2.16. The van der Waals surface area contributed by atoms with Gasteiger partial charge in [-0.3, -0.25) is 11.3 Å². The van der Waals surface area contributed by atoms with E-state index in [2.05, 4.69) is 19.3 Å². The highest BCUT2D eigenvalue weighted by molar-refractivity contribution is 4.60. The van der Waals surface area contributed by atoms with Gasteiger partial charge in [0.1, 0.15) is 0 Å². The van der Waals surface area contributed by atoms with Gasteiger partial charge in [-0.25, -0.2) is 0 Å². The Kier molecular flexibility index (Phi) is 11.8. The van der Waals surface area contributed by atoms with E-state index in [1.807, 2.05) is 0 Å². The minimum atomic E-state index is 0.110. The van der Waals surface area contributed by atoms with Gasteiger partial charge in [-0.2, -0.15) is 0 Å². The lowest BCUT2D eigenvalue weighted by molar-refractivity contribution is 0.0538. The Bertz CT molecular complexity index is 111. The van der Waals surface area contributed by atoms with Crippen LogP contribution >= 0.6 is 0 Å². The van der Waals surface area contributed by atoms with Gasteiger partial charge in [-0.15, -0.1) is 0 Å². The van der Waals surface area contributed by atoms with Gasteiger partial charge in [0.25, 0.3) is 0 Å². The Balaban J connectivity index is 3.29. The van der Waals surface area contributed by atoms with E-state index in [1.54, 1.807) is 0 Å². The number of ether oxygens (including phenoxy) is 2. The fourth-order valence-electron chi connectivity index (χ4n) is 1.09. The van der Waals surface area contributed by atoms with Gasteiger partial charge in [-0.05, 0) is 12.8 Å². The lowest BCUT2D eigenvalue weighted by Crippen LogP contribution is -2.42. The highest BCUT2D eigenvalue weighted by atomic mass is 16.5. The highest BCUT2D eigenvalue weighted by Crippen LogP contribution is 1.93. The monoisotopic (exact) mass is 218 g/mol. The van der Waals surface area contributed by atoms with Crippen molar-refractivity contribution in [3.8, 4) is 0 Å². The third kappa shape index (κ3) is 10.1. The summed E-state index contributed by atoms with van der Waals surface area (Å²) in [5.41, 5.74) is 2.71. The van der Waals surface area contributed by atoms with Crippen molar-refractivity contribution in [2.45, 2.75) is 45.6 Å².